The van der Waals surface area contributed by atoms with E-state index >= 15 is 0 Å². The fraction of sp³-hybridized carbons (Fsp3) is 0.750. The van der Waals surface area contributed by atoms with Crippen LogP contribution in [-0.2, 0) is 14.4 Å². The van der Waals surface area contributed by atoms with Crippen molar-refractivity contribution in [2.24, 2.45) is 16.2 Å². The summed E-state index contributed by atoms with van der Waals surface area (Å²) < 4.78 is 0. The third-order valence-corrected chi connectivity index (χ3v) is 3.28. The molecule has 0 aromatic carbocycles. The molecule has 0 aromatic rings. The minimum absolute atomic E-state index is 0.538. The minimum atomic E-state index is -0.552. The van der Waals surface area contributed by atoms with Crippen LogP contribution in [0.25, 0.3) is 0 Å². The summed E-state index contributed by atoms with van der Waals surface area (Å²) in [6.07, 6.45) is 4.27. The van der Waals surface area contributed by atoms with Crippen LogP contribution in [-0.4, -0.2) is 18.9 Å². The van der Waals surface area contributed by atoms with Gasteiger partial charge in [-0.05, 0) is 19.3 Å². The molecule has 1 saturated carbocycles. The molecule has 0 N–H and O–H groups in total. The van der Waals surface area contributed by atoms with Crippen molar-refractivity contribution in [1.29, 1.82) is 0 Å². The Hall–Kier alpha value is -0.990. The third kappa shape index (κ3) is 2.33. The first-order valence-electron chi connectivity index (χ1n) is 5.19. The van der Waals surface area contributed by atoms with Crippen LogP contribution in [0.2, 0.25) is 0 Å². The van der Waals surface area contributed by atoms with Crippen molar-refractivity contribution >= 4 is 18.9 Å². The Morgan fingerprint density at radius 1 is 0.667 bits per heavy atom. The van der Waals surface area contributed by atoms with Crippen LogP contribution in [0, 0.1) is 16.2 Å². The fourth-order valence-electron chi connectivity index (χ4n) is 3.21. The van der Waals surface area contributed by atoms with Crippen LogP contribution in [0.1, 0.15) is 40.0 Å². The van der Waals surface area contributed by atoms with Crippen LogP contribution in [0.3, 0.4) is 0 Å². The minimum Gasteiger partial charge on any atom is -0.303 e. The van der Waals surface area contributed by atoms with Gasteiger partial charge in [0.1, 0.15) is 18.9 Å². The molecule has 0 radical (unpaired) electrons. The maximum atomic E-state index is 11.1. The van der Waals surface area contributed by atoms with Crippen LogP contribution in [0.15, 0.2) is 0 Å². The second kappa shape index (κ2) is 3.54. The molecule has 3 heteroatoms. The number of hydrogen-bond donors (Lipinski definition) is 0. The van der Waals surface area contributed by atoms with E-state index in [1.165, 1.54) is 0 Å². The highest BCUT2D eigenvalue weighted by Gasteiger charge is 2.48. The maximum Gasteiger partial charge on any atom is 0.125 e. The number of hydrogen-bond acceptors (Lipinski definition) is 3. The predicted octanol–water partition coefficient (Wildman–Crippen LogP) is 1.79. The number of carbonyl (C=O) groups excluding carboxylic acids is 3. The lowest BCUT2D eigenvalue weighted by Crippen LogP contribution is -2.44. The van der Waals surface area contributed by atoms with E-state index in [9.17, 15) is 14.4 Å². The van der Waals surface area contributed by atoms with Crippen molar-refractivity contribution in [3.8, 4) is 0 Å². The molecule has 0 amide bonds. The Kier molecular flexibility index (Phi) is 2.85. The Balaban J connectivity index is 3.07. The van der Waals surface area contributed by atoms with Gasteiger partial charge < -0.3 is 14.4 Å². The zero-order valence-electron chi connectivity index (χ0n) is 9.58. The van der Waals surface area contributed by atoms with Crippen molar-refractivity contribution in [2.75, 3.05) is 0 Å². The van der Waals surface area contributed by atoms with Gasteiger partial charge in [-0.2, -0.15) is 0 Å². The summed E-state index contributed by atoms with van der Waals surface area (Å²) in [4.78, 5) is 33.2. The van der Waals surface area contributed by atoms with Gasteiger partial charge in [-0.1, -0.05) is 20.8 Å². The SMILES string of the molecule is CC1(C=O)CC(C)(C=O)CC(C)(C=O)C1. The maximum absolute atomic E-state index is 11.1. The van der Waals surface area contributed by atoms with Gasteiger partial charge in [-0.25, -0.2) is 0 Å². The first kappa shape index (κ1) is 12.1. The van der Waals surface area contributed by atoms with Gasteiger partial charge >= 0.3 is 0 Å². The Bertz CT molecular complexity index is 240. The summed E-state index contributed by atoms with van der Waals surface area (Å²) >= 11 is 0. The average molecular weight is 210 g/mol. The molecule has 0 spiro atoms. The summed E-state index contributed by atoms with van der Waals surface area (Å²) in [5, 5.41) is 0. The molecular formula is C12H18O3. The second-order valence-electron chi connectivity index (χ2n) is 5.85. The third-order valence-electron chi connectivity index (χ3n) is 3.28. The van der Waals surface area contributed by atoms with Crippen LogP contribution < -0.4 is 0 Å². The molecule has 0 atom stereocenters. The van der Waals surface area contributed by atoms with Crippen molar-refractivity contribution in [2.45, 2.75) is 40.0 Å². The molecule has 84 valence electrons. The first-order chi connectivity index (χ1) is 6.80. The lowest BCUT2D eigenvalue weighted by atomic mass is 9.56. The van der Waals surface area contributed by atoms with Gasteiger partial charge in [-0.15, -0.1) is 0 Å². The van der Waals surface area contributed by atoms with Gasteiger partial charge in [0.15, 0.2) is 0 Å². The molecular weight excluding hydrogens is 192 g/mol. The van der Waals surface area contributed by atoms with E-state index in [2.05, 4.69) is 0 Å². The highest BCUT2D eigenvalue weighted by Crippen LogP contribution is 2.51. The molecule has 0 bridgehead atoms. The molecule has 1 rings (SSSR count). The van der Waals surface area contributed by atoms with Crippen molar-refractivity contribution in [3.05, 3.63) is 0 Å². The Morgan fingerprint density at radius 2 is 0.867 bits per heavy atom. The summed E-state index contributed by atoms with van der Waals surface area (Å²) in [7, 11) is 0. The highest BCUT2D eigenvalue weighted by molar-refractivity contribution is 5.70. The molecule has 0 heterocycles. The van der Waals surface area contributed by atoms with E-state index < -0.39 is 16.2 Å². The van der Waals surface area contributed by atoms with Crippen LogP contribution in [0.5, 0.6) is 0 Å². The standard InChI is InChI=1S/C12H18O3/c1-10(7-13)4-11(2,8-14)6-12(3,5-10)9-15/h7-9H,4-6H2,1-3H3. The number of aldehydes is 3. The van der Waals surface area contributed by atoms with Gasteiger partial charge in [0.25, 0.3) is 0 Å². The fourth-order valence-corrected chi connectivity index (χ4v) is 3.21. The monoisotopic (exact) mass is 210 g/mol. The van der Waals surface area contributed by atoms with Gasteiger partial charge in [0, 0.05) is 16.2 Å². The molecule has 0 aromatic heterocycles. The van der Waals surface area contributed by atoms with E-state index in [4.69, 9.17) is 0 Å². The smallest absolute Gasteiger partial charge is 0.125 e. The summed E-state index contributed by atoms with van der Waals surface area (Å²) in [5.74, 6) is 0. The topological polar surface area (TPSA) is 51.2 Å². The average Bonchev–Trinajstić information content (AvgIpc) is 2.16. The largest absolute Gasteiger partial charge is 0.303 e. The first-order valence-corrected chi connectivity index (χ1v) is 5.19. The van der Waals surface area contributed by atoms with Crippen molar-refractivity contribution < 1.29 is 14.4 Å². The van der Waals surface area contributed by atoms with Crippen molar-refractivity contribution in [3.63, 3.8) is 0 Å². The van der Waals surface area contributed by atoms with E-state index in [1.54, 1.807) is 0 Å². The Labute approximate surface area is 90.2 Å². The van der Waals surface area contributed by atoms with Crippen LogP contribution >= 0.6 is 0 Å². The van der Waals surface area contributed by atoms with Crippen LogP contribution in [0.4, 0.5) is 0 Å². The van der Waals surface area contributed by atoms with Gasteiger partial charge in [-0.3, -0.25) is 0 Å². The summed E-state index contributed by atoms with van der Waals surface area (Å²) in [6.45, 7) is 5.47. The molecule has 15 heavy (non-hydrogen) atoms. The quantitative estimate of drug-likeness (QED) is 0.667. The Morgan fingerprint density at radius 3 is 1.00 bits per heavy atom. The molecule has 3 nitrogen and oxygen atoms in total. The summed E-state index contributed by atoms with van der Waals surface area (Å²) in [6, 6.07) is 0. The number of rotatable bonds is 3. The molecule has 1 aliphatic carbocycles. The van der Waals surface area contributed by atoms with Gasteiger partial charge in [0.2, 0.25) is 0 Å². The molecule has 0 unspecified atom stereocenters. The van der Waals surface area contributed by atoms with E-state index in [0.717, 1.165) is 18.9 Å². The predicted molar refractivity (Wildman–Crippen MR) is 56.4 cm³/mol. The zero-order valence-corrected chi connectivity index (χ0v) is 9.58. The van der Waals surface area contributed by atoms with E-state index in [-0.39, 0.29) is 0 Å². The second-order valence-corrected chi connectivity index (χ2v) is 5.85. The van der Waals surface area contributed by atoms with E-state index in [0.29, 0.717) is 19.3 Å². The van der Waals surface area contributed by atoms with Crippen molar-refractivity contribution in [1.82, 2.24) is 0 Å². The zero-order chi connectivity index (χ0) is 11.7. The lowest BCUT2D eigenvalue weighted by molar-refractivity contribution is -0.135. The molecule has 0 saturated heterocycles. The van der Waals surface area contributed by atoms with Gasteiger partial charge in [0.05, 0.1) is 0 Å². The van der Waals surface area contributed by atoms with E-state index in [1.807, 2.05) is 20.8 Å². The highest BCUT2D eigenvalue weighted by atomic mass is 16.1. The molecule has 0 aliphatic heterocycles. The lowest BCUT2D eigenvalue weighted by Gasteiger charge is -2.46. The molecule has 1 fully saturated rings. The number of carbonyl (C=O) groups is 3. The normalized spacial score (nSPS) is 45.8. The molecule has 1 aliphatic rings. The summed E-state index contributed by atoms with van der Waals surface area (Å²) in [5.41, 5.74) is -1.66.